The Labute approximate surface area is 193 Å². The molecule has 0 aromatic rings. The van der Waals surface area contributed by atoms with Crippen LogP contribution in [0.4, 0.5) is 0 Å². The lowest BCUT2D eigenvalue weighted by atomic mass is 9.46. The molecule has 5 unspecified atom stereocenters. The van der Waals surface area contributed by atoms with Crippen molar-refractivity contribution in [2.75, 3.05) is 0 Å². The second kappa shape index (κ2) is 8.66. The van der Waals surface area contributed by atoms with E-state index in [4.69, 9.17) is 0 Å². The van der Waals surface area contributed by atoms with E-state index in [0.29, 0.717) is 28.6 Å². The van der Waals surface area contributed by atoms with Crippen LogP contribution in [0.1, 0.15) is 106 Å². The molecule has 1 nitrogen and oxygen atoms in total. The molecular formula is C30H50O. The highest BCUT2D eigenvalue weighted by Gasteiger charge is 2.59. The van der Waals surface area contributed by atoms with Gasteiger partial charge in [-0.2, -0.15) is 0 Å². The molecule has 1 N–H and O–H groups in total. The van der Waals surface area contributed by atoms with E-state index in [1.807, 2.05) is 5.57 Å². The molecule has 0 heterocycles. The Bertz CT molecular complexity index is 716. The van der Waals surface area contributed by atoms with E-state index >= 15 is 0 Å². The monoisotopic (exact) mass is 426 g/mol. The zero-order valence-electron chi connectivity index (χ0n) is 21.6. The van der Waals surface area contributed by atoms with Gasteiger partial charge in [-0.1, -0.05) is 64.8 Å². The third kappa shape index (κ3) is 3.79. The number of allylic oxidation sites excluding steroid dienone is 4. The molecule has 3 saturated carbocycles. The fourth-order valence-electron chi connectivity index (χ4n) is 9.28. The molecule has 0 aliphatic heterocycles. The minimum atomic E-state index is -0.0773. The maximum Gasteiger partial charge on any atom is 0.0568 e. The first-order valence-corrected chi connectivity index (χ1v) is 13.7. The smallest absolute Gasteiger partial charge is 0.0568 e. The van der Waals surface area contributed by atoms with Crippen molar-refractivity contribution in [2.45, 2.75) is 112 Å². The van der Waals surface area contributed by atoms with Crippen molar-refractivity contribution in [2.24, 2.45) is 52.3 Å². The van der Waals surface area contributed by atoms with Crippen LogP contribution in [-0.4, -0.2) is 11.2 Å². The number of hydrogen-bond donors (Lipinski definition) is 1. The van der Waals surface area contributed by atoms with Gasteiger partial charge in [-0.05, 0) is 117 Å². The standard InChI is InChI=1S/C30H50O/c1-8-22(19(2)3)10-9-20(4)24-13-14-26-23-11-12-25-21(5)28(31)16-18-30(25,7)27(23)15-17-29(24,26)6/h8,11,19-21,24-28,31H,9-10,12-18H2,1-7H3/b22-8-/t20-,21+,24?,25?,26?,27?,28+,29?,30+/m1/s1. The molecule has 31 heavy (non-hydrogen) atoms. The molecule has 0 saturated heterocycles. The minimum absolute atomic E-state index is 0.0773. The average molecular weight is 427 g/mol. The summed E-state index contributed by atoms with van der Waals surface area (Å²) >= 11 is 0. The van der Waals surface area contributed by atoms with Gasteiger partial charge in [0.15, 0.2) is 0 Å². The number of aliphatic hydroxyl groups excluding tert-OH is 1. The first kappa shape index (κ1) is 23.6. The number of fused-ring (bicyclic) bond motifs is 5. The van der Waals surface area contributed by atoms with Gasteiger partial charge in [-0.25, -0.2) is 0 Å². The number of rotatable bonds is 5. The van der Waals surface area contributed by atoms with Gasteiger partial charge in [0.2, 0.25) is 0 Å². The van der Waals surface area contributed by atoms with E-state index in [0.717, 1.165) is 30.1 Å². The number of aliphatic hydroxyl groups is 1. The van der Waals surface area contributed by atoms with Crippen LogP contribution in [0.3, 0.4) is 0 Å². The second-order valence-corrected chi connectivity index (χ2v) is 12.9. The zero-order valence-corrected chi connectivity index (χ0v) is 21.6. The van der Waals surface area contributed by atoms with E-state index in [-0.39, 0.29) is 6.10 Å². The number of hydrogen-bond acceptors (Lipinski definition) is 1. The van der Waals surface area contributed by atoms with Gasteiger partial charge in [0.25, 0.3) is 0 Å². The van der Waals surface area contributed by atoms with Crippen molar-refractivity contribution < 1.29 is 5.11 Å². The maximum absolute atomic E-state index is 10.5. The Kier molecular flexibility index (Phi) is 6.59. The fraction of sp³-hybridized carbons (Fsp3) is 0.867. The molecular weight excluding hydrogens is 376 g/mol. The molecule has 4 aliphatic carbocycles. The summed E-state index contributed by atoms with van der Waals surface area (Å²) in [6.45, 7) is 17.1. The molecule has 4 rings (SSSR count). The Balaban J connectivity index is 1.51. The van der Waals surface area contributed by atoms with E-state index in [1.54, 1.807) is 5.57 Å². The lowest BCUT2D eigenvalue weighted by Crippen LogP contribution is -2.52. The van der Waals surface area contributed by atoms with E-state index < -0.39 is 0 Å². The van der Waals surface area contributed by atoms with Crippen LogP contribution < -0.4 is 0 Å². The van der Waals surface area contributed by atoms with Crippen LogP contribution in [0.25, 0.3) is 0 Å². The summed E-state index contributed by atoms with van der Waals surface area (Å²) < 4.78 is 0. The Morgan fingerprint density at radius 3 is 2.42 bits per heavy atom. The zero-order chi connectivity index (χ0) is 22.6. The summed E-state index contributed by atoms with van der Waals surface area (Å²) in [4.78, 5) is 0. The van der Waals surface area contributed by atoms with Gasteiger partial charge in [0.05, 0.1) is 6.10 Å². The molecule has 1 heteroatoms. The lowest BCUT2D eigenvalue weighted by molar-refractivity contribution is -0.0773. The molecule has 176 valence electrons. The molecule has 0 spiro atoms. The average Bonchev–Trinajstić information content (AvgIpc) is 3.08. The molecule has 0 aromatic heterocycles. The molecule has 0 radical (unpaired) electrons. The van der Waals surface area contributed by atoms with Crippen LogP contribution in [0, 0.1) is 52.3 Å². The third-order valence-corrected chi connectivity index (χ3v) is 11.3. The van der Waals surface area contributed by atoms with Crippen molar-refractivity contribution in [1.29, 1.82) is 0 Å². The van der Waals surface area contributed by atoms with Crippen LogP contribution in [-0.2, 0) is 0 Å². The first-order chi connectivity index (χ1) is 14.6. The van der Waals surface area contributed by atoms with Crippen molar-refractivity contribution in [3.63, 3.8) is 0 Å². The van der Waals surface area contributed by atoms with Gasteiger partial charge >= 0.3 is 0 Å². The fourth-order valence-corrected chi connectivity index (χ4v) is 9.28. The highest BCUT2D eigenvalue weighted by atomic mass is 16.3. The van der Waals surface area contributed by atoms with Crippen molar-refractivity contribution in [3.8, 4) is 0 Å². The van der Waals surface area contributed by atoms with Crippen molar-refractivity contribution in [1.82, 2.24) is 0 Å². The third-order valence-electron chi connectivity index (χ3n) is 11.3. The van der Waals surface area contributed by atoms with Gasteiger partial charge in [0, 0.05) is 0 Å². The van der Waals surface area contributed by atoms with E-state index in [9.17, 15) is 5.11 Å². The van der Waals surface area contributed by atoms with Crippen LogP contribution in [0.15, 0.2) is 23.3 Å². The van der Waals surface area contributed by atoms with Gasteiger partial charge < -0.3 is 5.11 Å². The Hall–Kier alpha value is -0.560. The molecule has 9 atom stereocenters. The van der Waals surface area contributed by atoms with Gasteiger partial charge in [-0.3, -0.25) is 0 Å². The normalized spacial score (nSPS) is 46.2. The molecule has 0 aromatic carbocycles. The van der Waals surface area contributed by atoms with Crippen molar-refractivity contribution >= 4 is 0 Å². The summed E-state index contributed by atoms with van der Waals surface area (Å²) in [5.74, 6) is 5.16. The summed E-state index contributed by atoms with van der Waals surface area (Å²) in [6.07, 6.45) is 16.8. The predicted molar refractivity (Wildman–Crippen MR) is 133 cm³/mol. The quantitative estimate of drug-likeness (QED) is 0.439. The maximum atomic E-state index is 10.5. The molecule has 3 fully saturated rings. The van der Waals surface area contributed by atoms with E-state index in [1.165, 1.54) is 51.4 Å². The molecule has 0 bridgehead atoms. The largest absolute Gasteiger partial charge is 0.393 e. The van der Waals surface area contributed by atoms with Crippen molar-refractivity contribution in [3.05, 3.63) is 23.3 Å². The summed E-state index contributed by atoms with van der Waals surface area (Å²) in [5.41, 5.74) is 4.45. The summed E-state index contributed by atoms with van der Waals surface area (Å²) in [6, 6.07) is 0. The van der Waals surface area contributed by atoms with Crippen LogP contribution >= 0.6 is 0 Å². The molecule has 4 aliphatic rings. The van der Waals surface area contributed by atoms with E-state index in [2.05, 4.69) is 60.6 Å². The summed E-state index contributed by atoms with van der Waals surface area (Å²) in [5, 5.41) is 10.5. The Morgan fingerprint density at radius 1 is 1.06 bits per heavy atom. The minimum Gasteiger partial charge on any atom is -0.393 e. The van der Waals surface area contributed by atoms with Gasteiger partial charge in [0.1, 0.15) is 0 Å². The highest BCUT2D eigenvalue weighted by molar-refractivity contribution is 5.28. The Morgan fingerprint density at radius 2 is 1.74 bits per heavy atom. The predicted octanol–water partition coefficient (Wildman–Crippen LogP) is 8.19. The lowest BCUT2D eigenvalue weighted by Gasteiger charge is -2.59. The van der Waals surface area contributed by atoms with Crippen LogP contribution in [0.5, 0.6) is 0 Å². The molecule has 0 amide bonds. The first-order valence-electron chi connectivity index (χ1n) is 13.7. The van der Waals surface area contributed by atoms with Crippen LogP contribution in [0.2, 0.25) is 0 Å². The SMILES string of the molecule is C/C=C(/CC[C@@H](C)C1CCC2C3=CCC4[C@H](C)[C@@H](O)CC[C@]4(C)C3CCC21C)C(C)C. The summed E-state index contributed by atoms with van der Waals surface area (Å²) in [7, 11) is 0. The topological polar surface area (TPSA) is 20.2 Å². The van der Waals surface area contributed by atoms with Gasteiger partial charge in [-0.15, -0.1) is 0 Å². The second-order valence-electron chi connectivity index (χ2n) is 12.9. The highest BCUT2D eigenvalue weighted by Crippen LogP contribution is 2.67.